The number of nitrogens with zero attached hydrogens (tertiary/aromatic N) is 1. The fraction of sp³-hybridized carbons (Fsp3) is 0.379. The van der Waals surface area contributed by atoms with E-state index >= 15 is 0 Å². The second-order valence-corrected chi connectivity index (χ2v) is 9.77. The Morgan fingerprint density at radius 3 is 1.27 bits per heavy atom. The van der Waals surface area contributed by atoms with Crippen molar-refractivity contribution in [1.29, 1.82) is 0 Å². The van der Waals surface area contributed by atoms with E-state index in [1.807, 2.05) is 13.8 Å². The van der Waals surface area contributed by atoms with Gasteiger partial charge >= 0.3 is 0 Å². The van der Waals surface area contributed by atoms with E-state index < -0.39 is 0 Å². The van der Waals surface area contributed by atoms with Crippen LogP contribution in [-0.4, -0.2) is 0 Å². The van der Waals surface area contributed by atoms with Crippen LogP contribution in [0.1, 0.15) is 72.1 Å². The standard InChI is InChI=1S/C27H33N.C2H6/c1-20-9-8-10-25(19-20)28(23-15-11-21(12-16-23)26(2,3)4)24-17-13-22(14-18-24)27(5,6)7;1-2/h8-19H,1-7H3;1-2H3. The van der Waals surface area contributed by atoms with Gasteiger partial charge in [-0.25, -0.2) is 0 Å². The normalized spacial score (nSPS) is 11.5. The first-order valence-electron chi connectivity index (χ1n) is 11.1. The molecule has 0 N–H and O–H groups in total. The predicted octanol–water partition coefficient (Wildman–Crippen LogP) is 9.09. The summed E-state index contributed by atoms with van der Waals surface area (Å²) < 4.78 is 0. The number of aryl methyl sites for hydroxylation is 1. The van der Waals surface area contributed by atoms with Gasteiger partial charge in [0.15, 0.2) is 0 Å². The van der Waals surface area contributed by atoms with E-state index in [0.29, 0.717) is 0 Å². The minimum absolute atomic E-state index is 0.154. The number of rotatable bonds is 3. The molecule has 0 amide bonds. The van der Waals surface area contributed by atoms with Gasteiger partial charge in [-0.1, -0.05) is 91.8 Å². The maximum absolute atomic E-state index is 2.34. The molecule has 0 aliphatic heterocycles. The topological polar surface area (TPSA) is 3.24 Å². The van der Waals surface area contributed by atoms with Crippen molar-refractivity contribution >= 4 is 17.1 Å². The van der Waals surface area contributed by atoms with Crippen LogP contribution in [-0.2, 0) is 10.8 Å². The molecule has 0 unspecified atom stereocenters. The van der Waals surface area contributed by atoms with Gasteiger partial charge in [0.25, 0.3) is 0 Å². The van der Waals surface area contributed by atoms with Crippen LogP contribution in [0, 0.1) is 6.92 Å². The number of benzene rings is 3. The van der Waals surface area contributed by atoms with Gasteiger partial charge in [-0.3, -0.25) is 0 Å². The molecule has 30 heavy (non-hydrogen) atoms. The average molecular weight is 402 g/mol. The fourth-order valence-corrected chi connectivity index (χ4v) is 3.44. The molecule has 0 heterocycles. The van der Waals surface area contributed by atoms with Crippen LogP contribution in [0.4, 0.5) is 17.1 Å². The summed E-state index contributed by atoms with van der Waals surface area (Å²) in [4.78, 5) is 2.34. The zero-order valence-corrected chi connectivity index (χ0v) is 20.4. The van der Waals surface area contributed by atoms with Gasteiger partial charge in [-0.15, -0.1) is 0 Å². The van der Waals surface area contributed by atoms with E-state index in [1.54, 1.807) is 0 Å². The maximum Gasteiger partial charge on any atom is 0.0464 e. The predicted molar refractivity (Wildman–Crippen MR) is 135 cm³/mol. The fourth-order valence-electron chi connectivity index (χ4n) is 3.44. The van der Waals surface area contributed by atoms with Crippen molar-refractivity contribution in [3.63, 3.8) is 0 Å². The van der Waals surface area contributed by atoms with Crippen molar-refractivity contribution in [2.24, 2.45) is 0 Å². The second-order valence-electron chi connectivity index (χ2n) is 9.77. The molecule has 0 fully saturated rings. The van der Waals surface area contributed by atoms with Crippen LogP contribution < -0.4 is 4.90 Å². The summed E-state index contributed by atoms with van der Waals surface area (Å²) in [6.07, 6.45) is 0. The lowest BCUT2D eigenvalue weighted by molar-refractivity contribution is 0.590. The summed E-state index contributed by atoms with van der Waals surface area (Å²) in [5.41, 5.74) is 7.82. The molecule has 0 spiro atoms. The zero-order valence-electron chi connectivity index (χ0n) is 20.4. The summed E-state index contributed by atoms with van der Waals surface area (Å²) in [7, 11) is 0. The monoisotopic (exact) mass is 401 g/mol. The lowest BCUT2D eigenvalue weighted by Crippen LogP contribution is -2.14. The van der Waals surface area contributed by atoms with Gasteiger partial charge in [0.1, 0.15) is 0 Å². The van der Waals surface area contributed by atoms with Gasteiger partial charge in [-0.2, -0.15) is 0 Å². The quantitative estimate of drug-likeness (QED) is 0.423. The molecular formula is C29H39N. The highest BCUT2D eigenvalue weighted by atomic mass is 15.1. The minimum atomic E-state index is 0.154. The second kappa shape index (κ2) is 9.51. The van der Waals surface area contributed by atoms with Crippen LogP contribution >= 0.6 is 0 Å². The highest BCUT2D eigenvalue weighted by Gasteiger charge is 2.18. The van der Waals surface area contributed by atoms with Crippen LogP contribution in [0.2, 0.25) is 0 Å². The molecule has 0 radical (unpaired) electrons. The van der Waals surface area contributed by atoms with Crippen LogP contribution in [0.15, 0.2) is 72.8 Å². The largest absolute Gasteiger partial charge is 0.310 e. The van der Waals surface area contributed by atoms with Crippen LogP contribution in [0.25, 0.3) is 0 Å². The summed E-state index contributed by atoms with van der Waals surface area (Å²) in [6, 6.07) is 26.7. The molecule has 3 aromatic rings. The zero-order chi connectivity index (χ0) is 22.5. The third-order valence-electron chi connectivity index (χ3n) is 5.24. The van der Waals surface area contributed by atoms with Gasteiger partial charge in [0.2, 0.25) is 0 Å². The molecule has 3 rings (SSSR count). The number of anilines is 3. The first-order chi connectivity index (χ1) is 14.1. The molecule has 160 valence electrons. The lowest BCUT2D eigenvalue weighted by atomic mass is 9.86. The van der Waals surface area contributed by atoms with E-state index in [9.17, 15) is 0 Å². The summed E-state index contributed by atoms with van der Waals surface area (Å²) in [5, 5.41) is 0. The molecule has 0 saturated carbocycles. The van der Waals surface area contributed by atoms with Crippen molar-refractivity contribution in [1.82, 2.24) is 0 Å². The van der Waals surface area contributed by atoms with Gasteiger partial charge < -0.3 is 4.90 Å². The molecule has 0 bridgehead atoms. The molecule has 1 nitrogen and oxygen atoms in total. The van der Waals surface area contributed by atoms with Gasteiger partial charge in [-0.05, 0) is 70.8 Å². The Labute approximate surface area is 184 Å². The third-order valence-corrected chi connectivity index (χ3v) is 5.24. The first-order valence-corrected chi connectivity index (χ1v) is 11.1. The Bertz CT molecular complexity index is 862. The van der Waals surface area contributed by atoms with Crippen molar-refractivity contribution in [2.45, 2.75) is 73.1 Å². The Balaban J connectivity index is 0.00000155. The van der Waals surface area contributed by atoms with E-state index in [4.69, 9.17) is 0 Å². The molecule has 0 aliphatic carbocycles. The molecule has 0 aromatic heterocycles. The first kappa shape index (κ1) is 23.7. The average Bonchev–Trinajstić information content (AvgIpc) is 2.69. The maximum atomic E-state index is 2.34. The molecule has 3 aromatic carbocycles. The number of hydrogen-bond donors (Lipinski definition) is 0. The minimum Gasteiger partial charge on any atom is -0.310 e. The SMILES string of the molecule is CC.Cc1cccc(N(c2ccc(C(C)(C)C)cc2)c2ccc(C(C)(C)C)cc2)c1. The highest BCUT2D eigenvalue weighted by Crippen LogP contribution is 2.37. The van der Waals surface area contributed by atoms with Crippen molar-refractivity contribution in [3.8, 4) is 0 Å². The van der Waals surface area contributed by atoms with E-state index in [1.165, 1.54) is 33.8 Å². The Morgan fingerprint density at radius 1 is 0.533 bits per heavy atom. The molecule has 0 saturated heterocycles. The Kier molecular flexibility index (Phi) is 7.53. The summed E-state index contributed by atoms with van der Waals surface area (Å²) in [6.45, 7) is 19.7. The van der Waals surface area contributed by atoms with Crippen LogP contribution in [0.5, 0.6) is 0 Å². The molecule has 0 aliphatic rings. The molecular weight excluding hydrogens is 362 g/mol. The van der Waals surface area contributed by atoms with Crippen LogP contribution in [0.3, 0.4) is 0 Å². The summed E-state index contributed by atoms with van der Waals surface area (Å²) in [5.74, 6) is 0. The molecule has 0 atom stereocenters. The molecule has 1 heteroatoms. The van der Waals surface area contributed by atoms with E-state index in [0.717, 1.165) is 0 Å². The van der Waals surface area contributed by atoms with Crippen molar-refractivity contribution in [2.75, 3.05) is 4.90 Å². The van der Waals surface area contributed by atoms with Gasteiger partial charge in [0.05, 0.1) is 0 Å². The lowest BCUT2D eigenvalue weighted by Gasteiger charge is -2.28. The Hall–Kier alpha value is -2.54. The third kappa shape index (κ3) is 5.75. The smallest absolute Gasteiger partial charge is 0.0464 e. The van der Waals surface area contributed by atoms with Gasteiger partial charge in [0, 0.05) is 17.1 Å². The number of hydrogen-bond acceptors (Lipinski definition) is 1. The Morgan fingerprint density at radius 2 is 0.933 bits per heavy atom. The van der Waals surface area contributed by atoms with E-state index in [2.05, 4.69) is 126 Å². The van der Waals surface area contributed by atoms with Crippen molar-refractivity contribution < 1.29 is 0 Å². The van der Waals surface area contributed by atoms with Crippen molar-refractivity contribution in [3.05, 3.63) is 89.5 Å². The van der Waals surface area contributed by atoms with E-state index in [-0.39, 0.29) is 10.8 Å². The highest BCUT2D eigenvalue weighted by molar-refractivity contribution is 5.77. The summed E-state index contributed by atoms with van der Waals surface area (Å²) >= 11 is 0.